The van der Waals surface area contributed by atoms with Gasteiger partial charge < -0.3 is 23.8 Å². The average molecular weight is 617 g/mol. The van der Waals surface area contributed by atoms with Crippen LogP contribution in [0.2, 0.25) is 0 Å². The fourth-order valence-electron chi connectivity index (χ4n) is 6.03. The first-order valence-electron chi connectivity index (χ1n) is 13.1. The first-order valence-corrected chi connectivity index (χ1v) is 13.9. The molecule has 0 unspecified atom stereocenters. The van der Waals surface area contributed by atoms with Crippen molar-refractivity contribution in [2.75, 3.05) is 32.8 Å². The zero-order valence-corrected chi connectivity index (χ0v) is 24.7. The number of methoxy groups -OCH3 is 3. The zero-order chi connectivity index (χ0) is 29.3. The summed E-state index contributed by atoms with van der Waals surface area (Å²) in [5.74, 6) is -0.401. The highest BCUT2D eigenvalue weighted by Gasteiger charge is 2.67. The van der Waals surface area contributed by atoms with Crippen LogP contribution >= 0.6 is 15.9 Å². The molecule has 3 aromatic rings. The lowest BCUT2D eigenvalue weighted by atomic mass is 9.68. The van der Waals surface area contributed by atoms with Gasteiger partial charge in [0.05, 0.1) is 44.5 Å². The molecule has 0 radical (unpaired) electrons. The SMILES string of the molecule is CCOC(=O)[C@]1(C#N)[C@@H](c2ccc(OC)c(OC)c2)[C@@H](C(=O)c2ccc(OC)c(Br)c2)N2c3ccccc3C=C[C@@H]21. The lowest BCUT2D eigenvalue weighted by Gasteiger charge is -2.36. The number of esters is 1. The van der Waals surface area contributed by atoms with E-state index < -0.39 is 29.4 Å². The van der Waals surface area contributed by atoms with Crippen LogP contribution in [0, 0.1) is 16.7 Å². The van der Waals surface area contributed by atoms with Crippen molar-refractivity contribution in [3.63, 3.8) is 0 Å². The highest BCUT2D eigenvalue weighted by Crippen LogP contribution is 2.57. The number of halogens is 1. The third kappa shape index (κ3) is 4.43. The summed E-state index contributed by atoms with van der Waals surface area (Å²) in [5.41, 5.74) is 0.836. The van der Waals surface area contributed by atoms with Crippen molar-refractivity contribution in [3.8, 4) is 23.3 Å². The highest BCUT2D eigenvalue weighted by atomic mass is 79.9. The summed E-state index contributed by atoms with van der Waals surface area (Å²) in [6.45, 7) is 1.78. The van der Waals surface area contributed by atoms with Crippen molar-refractivity contribution >= 4 is 39.4 Å². The van der Waals surface area contributed by atoms with E-state index in [4.69, 9.17) is 18.9 Å². The number of para-hydroxylation sites is 1. The van der Waals surface area contributed by atoms with Crippen LogP contribution in [0.15, 0.2) is 71.2 Å². The second-order valence-corrected chi connectivity index (χ2v) is 10.6. The summed E-state index contributed by atoms with van der Waals surface area (Å²) in [5, 5.41) is 10.9. The summed E-state index contributed by atoms with van der Waals surface area (Å²) in [6.07, 6.45) is 3.72. The summed E-state index contributed by atoms with van der Waals surface area (Å²) < 4.78 is 22.6. The Hall–Kier alpha value is -4.29. The normalized spacial score (nSPS) is 22.2. The maximum absolute atomic E-state index is 14.7. The molecule has 0 bridgehead atoms. The van der Waals surface area contributed by atoms with Crippen LogP contribution in [-0.2, 0) is 9.53 Å². The zero-order valence-electron chi connectivity index (χ0n) is 23.1. The summed E-state index contributed by atoms with van der Waals surface area (Å²) in [7, 11) is 4.59. The van der Waals surface area contributed by atoms with Crippen LogP contribution in [0.5, 0.6) is 17.2 Å². The molecule has 0 saturated carbocycles. The number of carbonyl (C=O) groups excluding carboxylic acids is 2. The molecule has 1 saturated heterocycles. The van der Waals surface area contributed by atoms with Crippen molar-refractivity contribution in [2.24, 2.45) is 5.41 Å². The molecule has 3 aromatic carbocycles. The van der Waals surface area contributed by atoms with Crippen molar-refractivity contribution in [1.29, 1.82) is 5.26 Å². The Morgan fingerprint density at radius 1 is 0.976 bits per heavy atom. The largest absolute Gasteiger partial charge is 0.496 e. The number of fused-ring (bicyclic) bond motifs is 3. The first kappa shape index (κ1) is 28.2. The number of carbonyl (C=O) groups is 2. The maximum atomic E-state index is 14.7. The van der Waals surface area contributed by atoms with Crippen LogP contribution in [0.4, 0.5) is 5.69 Å². The molecular weight excluding hydrogens is 588 g/mol. The predicted octanol–water partition coefficient (Wildman–Crippen LogP) is 5.80. The average Bonchev–Trinajstić information content (AvgIpc) is 3.32. The predicted molar refractivity (Wildman–Crippen MR) is 158 cm³/mol. The van der Waals surface area contributed by atoms with Gasteiger partial charge in [0, 0.05) is 17.2 Å². The molecule has 2 heterocycles. The Kier molecular flexibility index (Phi) is 7.78. The van der Waals surface area contributed by atoms with Crippen molar-refractivity contribution in [1.82, 2.24) is 0 Å². The molecule has 41 heavy (non-hydrogen) atoms. The lowest BCUT2D eigenvalue weighted by Crippen LogP contribution is -2.47. The van der Waals surface area contributed by atoms with E-state index in [2.05, 4.69) is 22.0 Å². The molecule has 2 aliphatic heterocycles. The minimum absolute atomic E-state index is 0.0813. The number of ether oxygens (including phenoxy) is 4. The van der Waals surface area contributed by atoms with Crippen molar-refractivity contribution in [3.05, 3.63) is 87.9 Å². The molecule has 0 amide bonds. The second-order valence-electron chi connectivity index (χ2n) is 9.72. The molecule has 2 aliphatic rings. The standard InChI is InChI=1S/C32H29BrN2O6/c1-5-41-31(37)32(18-34)27-15-12-19-8-6-7-9-23(19)35(27)29(30(36)21-11-13-24(38-2)22(33)16-21)28(32)20-10-14-25(39-3)26(17-20)40-4/h6-17,27-29H,5H2,1-4H3/t27-,28+,29+,32+/m1/s1. The van der Waals surface area contributed by atoms with Gasteiger partial charge in [-0.15, -0.1) is 0 Å². The smallest absolute Gasteiger partial charge is 0.329 e. The Labute approximate surface area is 247 Å². The minimum Gasteiger partial charge on any atom is -0.496 e. The third-order valence-corrected chi connectivity index (χ3v) is 8.43. The van der Waals surface area contributed by atoms with Gasteiger partial charge in [-0.2, -0.15) is 5.26 Å². The topological polar surface area (TPSA) is 98.1 Å². The van der Waals surface area contributed by atoms with Crippen molar-refractivity contribution in [2.45, 2.75) is 24.9 Å². The maximum Gasteiger partial charge on any atom is 0.329 e. The minimum atomic E-state index is -1.76. The Morgan fingerprint density at radius 2 is 1.68 bits per heavy atom. The van der Waals surface area contributed by atoms with Gasteiger partial charge in [0.1, 0.15) is 11.8 Å². The molecule has 4 atom stereocenters. The number of nitriles is 1. The van der Waals surface area contributed by atoms with Gasteiger partial charge in [-0.1, -0.05) is 36.4 Å². The van der Waals surface area contributed by atoms with E-state index in [-0.39, 0.29) is 12.4 Å². The second kappa shape index (κ2) is 11.3. The van der Waals surface area contributed by atoms with Gasteiger partial charge in [0.15, 0.2) is 22.7 Å². The number of nitrogens with zero attached hydrogens (tertiary/aromatic N) is 2. The van der Waals surface area contributed by atoms with Gasteiger partial charge in [0.2, 0.25) is 0 Å². The summed E-state index contributed by atoms with van der Waals surface area (Å²) in [6, 6.07) is 18.6. The van der Waals surface area contributed by atoms with E-state index in [0.717, 1.165) is 11.3 Å². The summed E-state index contributed by atoms with van der Waals surface area (Å²) >= 11 is 3.49. The number of Topliss-reactive ketones (excluding diaryl/α,β-unsaturated/α-hetero) is 1. The van der Waals surface area contributed by atoms with Crippen LogP contribution in [0.1, 0.15) is 34.3 Å². The summed E-state index contributed by atoms with van der Waals surface area (Å²) in [4.78, 5) is 30.5. The Balaban J connectivity index is 1.82. The molecular formula is C32H29BrN2O6. The Bertz CT molecular complexity index is 1580. The fourth-order valence-corrected chi connectivity index (χ4v) is 6.57. The molecule has 0 N–H and O–H groups in total. The molecule has 8 nitrogen and oxygen atoms in total. The van der Waals surface area contributed by atoms with Gasteiger partial charge in [-0.25, -0.2) is 0 Å². The first-order chi connectivity index (χ1) is 19.9. The number of benzene rings is 3. The van der Waals surface area contributed by atoms with E-state index in [9.17, 15) is 14.9 Å². The molecule has 0 spiro atoms. The molecule has 0 aliphatic carbocycles. The number of hydrogen-bond acceptors (Lipinski definition) is 8. The van der Waals surface area contributed by atoms with Gasteiger partial charge >= 0.3 is 5.97 Å². The monoisotopic (exact) mass is 616 g/mol. The number of rotatable bonds is 8. The number of hydrogen-bond donors (Lipinski definition) is 0. The third-order valence-electron chi connectivity index (χ3n) is 7.82. The molecule has 210 valence electrons. The molecule has 1 fully saturated rings. The van der Waals surface area contributed by atoms with E-state index >= 15 is 0 Å². The van der Waals surface area contributed by atoms with Gasteiger partial charge in [-0.05, 0) is 70.4 Å². The quantitative estimate of drug-likeness (QED) is 0.231. The lowest BCUT2D eigenvalue weighted by molar-refractivity contribution is -0.152. The molecule has 0 aromatic heterocycles. The number of anilines is 1. The highest BCUT2D eigenvalue weighted by molar-refractivity contribution is 9.10. The van der Waals surface area contributed by atoms with Crippen LogP contribution < -0.4 is 19.1 Å². The van der Waals surface area contributed by atoms with E-state index in [0.29, 0.717) is 32.8 Å². The van der Waals surface area contributed by atoms with Gasteiger partial charge in [-0.3, -0.25) is 9.59 Å². The van der Waals surface area contributed by atoms with Gasteiger partial charge in [0.25, 0.3) is 0 Å². The van der Waals surface area contributed by atoms with E-state index in [1.54, 1.807) is 50.4 Å². The van der Waals surface area contributed by atoms with E-state index in [1.807, 2.05) is 41.3 Å². The van der Waals surface area contributed by atoms with Crippen LogP contribution in [-0.4, -0.2) is 51.8 Å². The Morgan fingerprint density at radius 3 is 2.34 bits per heavy atom. The fraction of sp³-hybridized carbons (Fsp3) is 0.281. The molecule has 5 rings (SSSR count). The number of ketones is 1. The van der Waals surface area contributed by atoms with Crippen LogP contribution in [0.25, 0.3) is 6.08 Å². The van der Waals surface area contributed by atoms with E-state index in [1.165, 1.54) is 14.2 Å². The molecule has 9 heteroatoms. The van der Waals surface area contributed by atoms with Crippen LogP contribution in [0.3, 0.4) is 0 Å². The van der Waals surface area contributed by atoms with Crippen molar-refractivity contribution < 1.29 is 28.5 Å².